The highest BCUT2D eigenvalue weighted by Gasteiger charge is 2.57. The molecule has 180 valence electrons. The van der Waals surface area contributed by atoms with Crippen LogP contribution in [0, 0.1) is 28.9 Å². The number of amides is 2. The van der Waals surface area contributed by atoms with Crippen molar-refractivity contribution in [2.75, 3.05) is 6.54 Å². The van der Waals surface area contributed by atoms with Crippen LogP contribution in [0.5, 0.6) is 0 Å². The minimum atomic E-state index is -0.819. The van der Waals surface area contributed by atoms with Crippen molar-refractivity contribution in [1.82, 2.24) is 15.2 Å². The fourth-order valence-electron chi connectivity index (χ4n) is 6.19. The highest BCUT2D eigenvalue weighted by atomic mass is 35.5. The third kappa shape index (κ3) is 3.98. The SMILES string of the molecule is CC1([C@H](NC(=O)C2C3CC2N(C(=O)Cc2cccnc2)C3)c2c(F)ccc(Cl)c2F)CCCC1. The molecular weight excluding hydrogens is 460 g/mol. The molecule has 2 aliphatic carbocycles. The highest BCUT2D eigenvalue weighted by Crippen LogP contribution is 2.51. The van der Waals surface area contributed by atoms with Gasteiger partial charge in [0.15, 0.2) is 0 Å². The number of halogens is 3. The molecule has 2 aliphatic heterocycles. The molecule has 0 spiro atoms. The molecule has 3 unspecified atom stereocenters. The van der Waals surface area contributed by atoms with Crippen molar-refractivity contribution in [1.29, 1.82) is 0 Å². The van der Waals surface area contributed by atoms with E-state index in [0.29, 0.717) is 6.54 Å². The number of benzene rings is 1. The number of carbonyl (C=O) groups excluding carboxylic acids is 2. The molecule has 8 heteroatoms. The number of rotatable bonds is 6. The topological polar surface area (TPSA) is 62.3 Å². The Hall–Kier alpha value is -2.54. The lowest BCUT2D eigenvalue weighted by atomic mass is 9.72. The average Bonchev–Trinajstić information content (AvgIpc) is 3.52. The van der Waals surface area contributed by atoms with Crippen molar-refractivity contribution in [2.24, 2.45) is 17.3 Å². The fourth-order valence-corrected chi connectivity index (χ4v) is 6.35. The van der Waals surface area contributed by atoms with Gasteiger partial charge in [0.05, 0.1) is 23.4 Å². The van der Waals surface area contributed by atoms with Crippen LogP contribution in [0.25, 0.3) is 0 Å². The Bertz CT molecular complexity index is 1110. The molecule has 1 aromatic carbocycles. The molecule has 1 aromatic heterocycles. The maximum Gasteiger partial charge on any atom is 0.227 e. The maximum absolute atomic E-state index is 15.0. The summed E-state index contributed by atoms with van der Waals surface area (Å²) >= 11 is 5.99. The molecule has 2 bridgehead atoms. The summed E-state index contributed by atoms with van der Waals surface area (Å²) in [5.74, 6) is -2.09. The molecule has 2 amide bonds. The summed E-state index contributed by atoms with van der Waals surface area (Å²) in [4.78, 5) is 32.2. The van der Waals surface area contributed by atoms with E-state index < -0.39 is 23.1 Å². The Labute approximate surface area is 202 Å². The van der Waals surface area contributed by atoms with Crippen LogP contribution in [-0.2, 0) is 16.0 Å². The lowest BCUT2D eigenvalue weighted by Crippen LogP contribution is -2.52. The first-order chi connectivity index (χ1) is 16.3. The Kier molecular flexibility index (Phi) is 6.09. The van der Waals surface area contributed by atoms with Gasteiger partial charge in [-0.25, -0.2) is 8.78 Å². The van der Waals surface area contributed by atoms with Gasteiger partial charge in [0.2, 0.25) is 11.8 Å². The Balaban J connectivity index is 1.35. The van der Waals surface area contributed by atoms with Crippen molar-refractivity contribution >= 4 is 23.4 Å². The van der Waals surface area contributed by atoms with Crippen molar-refractivity contribution in [3.8, 4) is 0 Å². The molecule has 1 N–H and O–H groups in total. The predicted octanol–water partition coefficient (Wildman–Crippen LogP) is 4.84. The molecule has 0 radical (unpaired) electrons. The van der Waals surface area contributed by atoms with E-state index in [1.54, 1.807) is 23.4 Å². The third-order valence-corrected chi connectivity index (χ3v) is 8.39. The summed E-state index contributed by atoms with van der Waals surface area (Å²) in [6.07, 6.45) is 7.75. The van der Waals surface area contributed by atoms with Gasteiger partial charge >= 0.3 is 0 Å². The van der Waals surface area contributed by atoms with Crippen LogP contribution < -0.4 is 5.32 Å². The first-order valence-corrected chi connectivity index (χ1v) is 12.3. The van der Waals surface area contributed by atoms with Gasteiger partial charge in [0.1, 0.15) is 11.6 Å². The number of carbonyl (C=O) groups is 2. The van der Waals surface area contributed by atoms with Crippen LogP contribution in [0.4, 0.5) is 8.78 Å². The second kappa shape index (κ2) is 8.91. The van der Waals surface area contributed by atoms with Gasteiger partial charge < -0.3 is 10.2 Å². The van der Waals surface area contributed by atoms with Gasteiger partial charge in [-0.15, -0.1) is 0 Å². The number of nitrogens with one attached hydrogen (secondary N) is 1. The Morgan fingerprint density at radius 2 is 2.03 bits per heavy atom. The third-order valence-electron chi connectivity index (χ3n) is 8.10. The van der Waals surface area contributed by atoms with Gasteiger partial charge in [-0.2, -0.15) is 0 Å². The summed E-state index contributed by atoms with van der Waals surface area (Å²) in [7, 11) is 0. The molecule has 3 heterocycles. The average molecular weight is 488 g/mol. The van der Waals surface area contributed by atoms with E-state index in [4.69, 9.17) is 11.6 Å². The van der Waals surface area contributed by atoms with Crippen molar-refractivity contribution in [2.45, 2.75) is 57.5 Å². The molecule has 2 saturated carbocycles. The first-order valence-electron chi connectivity index (χ1n) is 11.9. The van der Waals surface area contributed by atoms with E-state index in [1.807, 2.05) is 13.0 Å². The van der Waals surface area contributed by atoms with E-state index in [-0.39, 0.29) is 46.7 Å². The van der Waals surface area contributed by atoms with Crippen molar-refractivity contribution < 1.29 is 18.4 Å². The van der Waals surface area contributed by atoms with Gasteiger partial charge in [-0.05, 0) is 54.4 Å². The maximum atomic E-state index is 15.0. The van der Waals surface area contributed by atoms with Crippen LogP contribution in [0.3, 0.4) is 0 Å². The molecule has 2 aromatic rings. The first kappa shape index (κ1) is 23.2. The zero-order valence-corrected chi connectivity index (χ0v) is 19.8. The number of pyridine rings is 1. The van der Waals surface area contributed by atoms with Crippen LogP contribution in [-0.4, -0.2) is 34.3 Å². The van der Waals surface area contributed by atoms with Gasteiger partial charge in [-0.3, -0.25) is 14.6 Å². The summed E-state index contributed by atoms with van der Waals surface area (Å²) in [5.41, 5.74) is 0.195. The minimum Gasteiger partial charge on any atom is -0.348 e. The van der Waals surface area contributed by atoms with Gasteiger partial charge in [0.25, 0.3) is 0 Å². The summed E-state index contributed by atoms with van der Waals surface area (Å²) in [6.45, 7) is 2.51. The largest absolute Gasteiger partial charge is 0.348 e. The standard InChI is InChI=1S/C26H28ClF2N3O2/c1-26(8-2-3-9-26)24(22-18(28)7-6-17(27)23(22)29)31-25(34)21-16-12-19(21)32(14-16)20(33)11-15-5-4-10-30-13-15/h4-7,10,13,16,19,21,24H,2-3,8-9,11-12,14H2,1H3,(H,31,34)/t16?,19?,21?,24-/m1/s1. The second-order valence-corrected chi connectivity index (χ2v) is 10.6. The van der Waals surface area contributed by atoms with E-state index in [1.165, 1.54) is 6.07 Å². The molecule has 5 nitrogen and oxygen atoms in total. The molecule has 2 saturated heterocycles. The highest BCUT2D eigenvalue weighted by molar-refractivity contribution is 6.30. The van der Waals surface area contributed by atoms with Crippen molar-refractivity contribution in [3.63, 3.8) is 0 Å². The minimum absolute atomic E-state index is 0.0259. The van der Waals surface area contributed by atoms with E-state index in [2.05, 4.69) is 10.3 Å². The van der Waals surface area contributed by atoms with Crippen LogP contribution in [0.15, 0.2) is 36.7 Å². The predicted molar refractivity (Wildman–Crippen MR) is 124 cm³/mol. The van der Waals surface area contributed by atoms with E-state index in [9.17, 15) is 14.0 Å². The summed E-state index contributed by atoms with van der Waals surface area (Å²) in [5, 5.41) is 2.85. The zero-order chi connectivity index (χ0) is 24.0. The van der Waals surface area contributed by atoms with E-state index >= 15 is 4.39 Å². The lowest BCUT2D eigenvalue weighted by molar-refractivity contribution is -0.135. The monoisotopic (exact) mass is 487 g/mol. The van der Waals surface area contributed by atoms with Crippen molar-refractivity contribution in [3.05, 3.63) is 64.4 Å². The quantitative estimate of drug-likeness (QED) is 0.593. The van der Waals surface area contributed by atoms with E-state index in [0.717, 1.165) is 43.7 Å². The molecular formula is C26H28ClF2N3O2. The zero-order valence-electron chi connectivity index (χ0n) is 19.1. The summed E-state index contributed by atoms with van der Waals surface area (Å²) < 4.78 is 29.9. The molecule has 4 aliphatic rings. The second-order valence-electron chi connectivity index (χ2n) is 10.2. The number of aromatic nitrogens is 1. The molecule has 34 heavy (non-hydrogen) atoms. The normalized spacial score (nSPS) is 25.6. The fraction of sp³-hybridized carbons (Fsp3) is 0.500. The van der Waals surface area contributed by atoms with Gasteiger partial charge in [0, 0.05) is 30.5 Å². The molecule has 4 fully saturated rings. The smallest absolute Gasteiger partial charge is 0.227 e. The Morgan fingerprint density at radius 1 is 1.26 bits per heavy atom. The number of hydrogen-bond acceptors (Lipinski definition) is 3. The van der Waals surface area contributed by atoms with Crippen LogP contribution in [0.1, 0.15) is 56.2 Å². The van der Waals surface area contributed by atoms with Gasteiger partial charge in [-0.1, -0.05) is 37.4 Å². The number of nitrogens with zero attached hydrogens (tertiary/aromatic N) is 2. The molecule has 4 atom stereocenters. The number of fused-ring (bicyclic) bond motifs is 1. The summed E-state index contributed by atoms with van der Waals surface area (Å²) in [6, 6.07) is 5.01. The van der Waals surface area contributed by atoms with Crippen LogP contribution in [0.2, 0.25) is 5.02 Å². The van der Waals surface area contributed by atoms with Crippen LogP contribution >= 0.6 is 11.6 Å². The number of hydrogen-bond donors (Lipinski definition) is 1. The Morgan fingerprint density at radius 3 is 2.74 bits per heavy atom. The lowest BCUT2D eigenvalue weighted by Gasteiger charge is -2.40. The molecule has 6 rings (SSSR count).